The molecule has 0 amide bonds. The van der Waals surface area contributed by atoms with E-state index in [1.165, 1.54) is 5.56 Å². The molecule has 120 valence electrons. The van der Waals surface area contributed by atoms with Crippen LogP contribution in [0.3, 0.4) is 0 Å². The van der Waals surface area contributed by atoms with Crippen molar-refractivity contribution in [2.75, 3.05) is 13.2 Å². The van der Waals surface area contributed by atoms with Gasteiger partial charge in [-0.05, 0) is 65.3 Å². The lowest BCUT2D eigenvalue weighted by molar-refractivity contribution is -0.0148. The second kappa shape index (κ2) is 8.40. The molecule has 0 aliphatic heterocycles. The van der Waals surface area contributed by atoms with Crippen molar-refractivity contribution < 1.29 is 9.47 Å². The summed E-state index contributed by atoms with van der Waals surface area (Å²) in [7, 11) is 0. The third kappa shape index (κ3) is 7.49. The molecule has 0 saturated heterocycles. The zero-order chi connectivity index (χ0) is 15.9. The number of hydrogen-bond acceptors (Lipinski definition) is 3. The van der Waals surface area contributed by atoms with Crippen molar-refractivity contribution in [2.45, 2.75) is 65.7 Å². The lowest BCUT2D eigenvalue weighted by Crippen LogP contribution is -2.30. The van der Waals surface area contributed by atoms with Gasteiger partial charge in [0.05, 0.1) is 24.4 Å². The lowest BCUT2D eigenvalue weighted by Gasteiger charge is -2.26. The van der Waals surface area contributed by atoms with Crippen LogP contribution in [0.5, 0.6) is 5.75 Å². The maximum atomic E-state index is 5.96. The topological polar surface area (TPSA) is 30.5 Å². The molecular formula is C18H31NO2. The van der Waals surface area contributed by atoms with Crippen LogP contribution in [-0.2, 0) is 4.74 Å². The third-order valence-electron chi connectivity index (χ3n) is 2.96. The van der Waals surface area contributed by atoms with Crippen molar-refractivity contribution in [3.05, 3.63) is 29.8 Å². The van der Waals surface area contributed by atoms with Crippen LogP contribution in [0.15, 0.2) is 24.3 Å². The van der Waals surface area contributed by atoms with Gasteiger partial charge in [-0.25, -0.2) is 0 Å². The molecule has 3 heteroatoms. The summed E-state index contributed by atoms with van der Waals surface area (Å²) < 4.78 is 11.7. The third-order valence-corrected chi connectivity index (χ3v) is 2.96. The molecule has 0 heterocycles. The summed E-state index contributed by atoms with van der Waals surface area (Å²) in [5.41, 5.74) is 1.09. The van der Waals surface area contributed by atoms with Gasteiger partial charge >= 0.3 is 0 Å². The molecule has 0 radical (unpaired) electrons. The Morgan fingerprint density at radius 1 is 1.19 bits per heavy atom. The number of nitrogens with one attached hydrogen (secondary N) is 1. The van der Waals surface area contributed by atoms with Crippen molar-refractivity contribution in [1.29, 1.82) is 0 Å². The molecule has 0 aliphatic rings. The number of ether oxygens (including phenoxy) is 2. The Morgan fingerprint density at radius 2 is 1.90 bits per heavy atom. The Hall–Kier alpha value is -1.06. The predicted octanol–water partition coefficient (Wildman–Crippen LogP) is 4.33. The molecule has 0 aromatic heterocycles. The van der Waals surface area contributed by atoms with Gasteiger partial charge in [0.2, 0.25) is 0 Å². The van der Waals surface area contributed by atoms with Crippen molar-refractivity contribution >= 4 is 0 Å². The van der Waals surface area contributed by atoms with Gasteiger partial charge in [-0.1, -0.05) is 19.1 Å². The van der Waals surface area contributed by atoms with E-state index in [9.17, 15) is 0 Å². The first-order chi connectivity index (χ1) is 9.81. The summed E-state index contributed by atoms with van der Waals surface area (Å²) in [5.74, 6) is 0.918. The lowest BCUT2D eigenvalue weighted by atomic mass is 10.1. The van der Waals surface area contributed by atoms with Gasteiger partial charge < -0.3 is 14.8 Å². The molecule has 21 heavy (non-hydrogen) atoms. The van der Waals surface area contributed by atoms with E-state index in [0.29, 0.717) is 6.61 Å². The Labute approximate surface area is 130 Å². The summed E-state index contributed by atoms with van der Waals surface area (Å²) in [6.07, 6.45) is 1.29. The fourth-order valence-corrected chi connectivity index (χ4v) is 2.00. The Morgan fingerprint density at radius 3 is 2.48 bits per heavy atom. The largest absolute Gasteiger partial charge is 0.491 e. The van der Waals surface area contributed by atoms with E-state index in [1.54, 1.807) is 0 Å². The SMILES string of the molecule is CCCNC(COC(C)(C)C)c1cccc(OC(C)C)c1. The van der Waals surface area contributed by atoms with Gasteiger partial charge in [-0.2, -0.15) is 0 Å². The summed E-state index contributed by atoms with van der Waals surface area (Å²) in [6.45, 7) is 14.2. The van der Waals surface area contributed by atoms with Crippen LogP contribution in [-0.4, -0.2) is 24.9 Å². The Kier molecular flexibility index (Phi) is 7.20. The highest BCUT2D eigenvalue weighted by molar-refractivity contribution is 5.31. The summed E-state index contributed by atoms with van der Waals surface area (Å²) >= 11 is 0. The molecule has 0 bridgehead atoms. The number of hydrogen-bond donors (Lipinski definition) is 1. The minimum atomic E-state index is -0.127. The van der Waals surface area contributed by atoms with Gasteiger partial charge in [0.15, 0.2) is 0 Å². The van der Waals surface area contributed by atoms with E-state index in [1.807, 2.05) is 26.0 Å². The first kappa shape index (κ1) is 18.0. The van der Waals surface area contributed by atoms with E-state index in [2.05, 4.69) is 45.1 Å². The molecule has 0 spiro atoms. The van der Waals surface area contributed by atoms with Crippen LogP contribution in [0.4, 0.5) is 0 Å². The standard InChI is InChI=1S/C18H31NO2/c1-7-11-19-17(13-20-18(4,5)6)15-9-8-10-16(12-15)21-14(2)3/h8-10,12,14,17,19H,7,11,13H2,1-6H3. The molecule has 0 saturated carbocycles. The van der Waals surface area contributed by atoms with E-state index >= 15 is 0 Å². The first-order valence-electron chi connectivity index (χ1n) is 7.95. The normalized spacial score (nSPS) is 13.5. The highest BCUT2D eigenvalue weighted by atomic mass is 16.5. The van der Waals surface area contributed by atoms with Crippen LogP contribution >= 0.6 is 0 Å². The zero-order valence-electron chi connectivity index (χ0n) is 14.4. The van der Waals surface area contributed by atoms with Crippen molar-refractivity contribution in [3.8, 4) is 5.75 Å². The molecule has 3 nitrogen and oxygen atoms in total. The Bertz CT molecular complexity index is 410. The van der Waals surface area contributed by atoms with Crippen LogP contribution < -0.4 is 10.1 Å². The van der Waals surface area contributed by atoms with Crippen LogP contribution in [0.2, 0.25) is 0 Å². The summed E-state index contributed by atoms with van der Waals surface area (Å²) in [6, 6.07) is 8.49. The predicted molar refractivity (Wildman–Crippen MR) is 88.9 cm³/mol. The number of rotatable bonds is 8. The van der Waals surface area contributed by atoms with Gasteiger partial charge in [0.25, 0.3) is 0 Å². The maximum absolute atomic E-state index is 5.96. The van der Waals surface area contributed by atoms with Crippen LogP contribution in [0, 0.1) is 0 Å². The second-order valence-electron chi connectivity index (χ2n) is 6.67. The van der Waals surface area contributed by atoms with Crippen molar-refractivity contribution in [1.82, 2.24) is 5.32 Å². The smallest absolute Gasteiger partial charge is 0.120 e. The summed E-state index contributed by atoms with van der Waals surface area (Å²) in [5, 5.41) is 3.56. The van der Waals surface area contributed by atoms with Crippen molar-refractivity contribution in [3.63, 3.8) is 0 Å². The van der Waals surface area contributed by atoms with Gasteiger partial charge in [0.1, 0.15) is 5.75 Å². The molecule has 1 rings (SSSR count). The molecule has 1 N–H and O–H groups in total. The molecule has 1 unspecified atom stereocenters. The van der Waals surface area contributed by atoms with Crippen LogP contribution in [0.1, 0.15) is 59.6 Å². The monoisotopic (exact) mass is 293 g/mol. The average Bonchev–Trinajstić information content (AvgIpc) is 2.37. The molecule has 1 atom stereocenters. The number of benzene rings is 1. The maximum Gasteiger partial charge on any atom is 0.120 e. The van der Waals surface area contributed by atoms with Crippen molar-refractivity contribution in [2.24, 2.45) is 0 Å². The van der Waals surface area contributed by atoms with Crippen LogP contribution in [0.25, 0.3) is 0 Å². The fourth-order valence-electron chi connectivity index (χ4n) is 2.00. The molecule has 1 aromatic rings. The average molecular weight is 293 g/mol. The second-order valence-corrected chi connectivity index (χ2v) is 6.67. The summed E-state index contributed by atoms with van der Waals surface area (Å²) in [4.78, 5) is 0. The van der Waals surface area contributed by atoms with Gasteiger partial charge in [0, 0.05) is 0 Å². The molecule has 0 fully saturated rings. The zero-order valence-corrected chi connectivity index (χ0v) is 14.4. The van der Waals surface area contributed by atoms with E-state index in [0.717, 1.165) is 18.7 Å². The van der Waals surface area contributed by atoms with E-state index < -0.39 is 0 Å². The highest BCUT2D eigenvalue weighted by Gasteiger charge is 2.17. The quantitative estimate of drug-likeness (QED) is 0.774. The molecule has 0 aliphatic carbocycles. The molecule has 1 aromatic carbocycles. The minimum Gasteiger partial charge on any atom is -0.491 e. The van der Waals surface area contributed by atoms with Gasteiger partial charge in [-0.3, -0.25) is 0 Å². The minimum absolute atomic E-state index is 0.127. The molecular weight excluding hydrogens is 262 g/mol. The Balaban J connectivity index is 2.81. The van der Waals surface area contributed by atoms with E-state index in [-0.39, 0.29) is 17.7 Å². The fraction of sp³-hybridized carbons (Fsp3) is 0.667. The first-order valence-corrected chi connectivity index (χ1v) is 7.95. The van der Waals surface area contributed by atoms with E-state index in [4.69, 9.17) is 9.47 Å². The highest BCUT2D eigenvalue weighted by Crippen LogP contribution is 2.22. The van der Waals surface area contributed by atoms with Gasteiger partial charge in [-0.15, -0.1) is 0 Å².